The Morgan fingerprint density at radius 2 is 1.40 bits per heavy atom. The molecular formula is C57H57N13O12S6. The first kappa shape index (κ1) is 62.7. The maximum absolute atomic E-state index is 14.4. The SMILES string of the molecule is CNC(=O)C[C@@H]1NC(=O)c2csc(n2)-c2ccc(-c3nc(N(CC(=O)O)C(=O)O[C@H]4CC[C@H](C(=O)O)CC4)cs3)nc2-c2csc(n2)-c2csc(n2)[C@H](Cc2ccccc2)NC(=O)CNC(=O)c2nc(sc2COC)C(C(C)C)NC(=O)c2nc1sc2C. The number of aliphatic carboxylic acids is 2. The Bertz CT molecular complexity index is 3920. The Labute approximate surface area is 526 Å². The van der Waals surface area contributed by atoms with Crippen LogP contribution in [-0.2, 0) is 41.7 Å². The second kappa shape index (κ2) is 27.8. The smallest absolute Gasteiger partial charge is 0.416 e. The molecule has 25 nitrogen and oxygen atoms in total. The van der Waals surface area contributed by atoms with Gasteiger partial charge in [-0.25, -0.2) is 44.6 Å². The molecule has 3 atom stereocenters. The maximum atomic E-state index is 14.4. The first-order valence-electron chi connectivity index (χ1n) is 27.5. The number of ether oxygens (including phenoxy) is 2. The van der Waals surface area contributed by atoms with Crippen LogP contribution in [0.3, 0.4) is 0 Å². The van der Waals surface area contributed by atoms with Gasteiger partial charge in [-0.1, -0.05) is 44.2 Å². The van der Waals surface area contributed by atoms with Gasteiger partial charge in [0.05, 0.1) is 54.2 Å². The molecule has 1 fully saturated rings. The molecule has 88 heavy (non-hydrogen) atoms. The number of carboxylic acids is 2. The van der Waals surface area contributed by atoms with Gasteiger partial charge >= 0.3 is 18.0 Å². The van der Waals surface area contributed by atoms with Crippen molar-refractivity contribution in [1.82, 2.24) is 61.5 Å². The number of carboxylic acid groups (broad SMARTS) is 2. The van der Waals surface area contributed by atoms with Crippen LogP contribution in [0.25, 0.3) is 43.4 Å². The number of thiazole rings is 6. The maximum Gasteiger partial charge on any atom is 0.416 e. The number of aromatic nitrogens is 7. The van der Waals surface area contributed by atoms with Gasteiger partial charge in [-0.05, 0) is 62.6 Å². The predicted molar refractivity (Wildman–Crippen MR) is 330 cm³/mol. The number of anilines is 1. The Balaban J connectivity index is 1.03. The second-order valence-electron chi connectivity index (χ2n) is 20.7. The van der Waals surface area contributed by atoms with Crippen molar-refractivity contribution in [3.63, 3.8) is 0 Å². The van der Waals surface area contributed by atoms with Crippen LogP contribution in [0.4, 0.5) is 10.6 Å². The molecule has 1 unspecified atom stereocenters. The molecule has 2 aliphatic rings. The molecule has 1 aromatic carbocycles. The number of carbonyl (C=O) groups is 8. The first-order valence-corrected chi connectivity index (χ1v) is 32.6. The summed E-state index contributed by atoms with van der Waals surface area (Å²) in [6.45, 7) is 4.29. The molecule has 6 amide bonds. The molecule has 0 spiro atoms. The van der Waals surface area contributed by atoms with Crippen LogP contribution in [-0.4, -0.2) is 126 Å². The van der Waals surface area contributed by atoms with Gasteiger partial charge in [0.15, 0.2) is 0 Å². The Kier molecular flexibility index (Phi) is 19.8. The van der Waals surface area contributed by atoms with Crippen LogP contribution in [0.15, 0.2) is 64.0 Å². The van der Waals surface area contributed by atoms with Crippen LogP contribution < -0.4 is 31.5 Å². The van der Waals surface area contributed by atoms with E-state index in [1.165, 1.54) is 53.5 Å². The average Bonchev–Trinajstić information content (AvgIpc) is 4.53. The zero-order valence-electron chi connectivity index (χ0n) is 47.7. The van der Waals surface area contributed by atoms with E-state index in [0.717, 1.165) is 44.5 Å². The summed E-state index contributed by atoms with van der Waals surface area (Å²) in [7, 11) is 2.94. The molecule has 8 aromatic rings. The fourth-order valence-corrected chi connectivity index (χ4v) is 15.2. The minimum absolute atomic E-state index is 0.00715. The number of fused-ring (bicyclic) bond motifs is 14. The number of nitrogens with zero attached hydrogens (tertiary/aromatic N) is 8. The Morgan fingerprint density at radius 1 is 0.693 bits per heavy atom. The van der Waals surface area contributed by atoms with Gasteiger partial charge in [0.25, 0.3) is 17.7 Å². The molecule has 7 N–H and O–H groups in total. The van der Waals surface area contributed by atoms with Crippen molar-refractivity contribution in [2.45, 2.75) is 90.1 Å². The number of nitrogens with one attached hydrogen (secondary N) is 5. The number of amides is 6. The minimum atomic E-state index is -1.33. The summed E-state index contributed by atoms with van der Waals surface area (Å²) in [4.78, 5) is 143. The highest BCUT2D eigenvalue weighted by Gasteiger charge is 2.34. The zero-order valence-corrected chi connectivity index (χ0v) is 52.6. The third-order valence-electron chi connectivity index (χ3n) is 14.2. The molecule has 0 saturated heterocycles. The molecule has 8 heterocycles. The fraction of sp³-hybridized carbons (Fsp3) is 0.351. The number of aryl methyl sites for hydroxylation is 1. The van der Waals surface area contributed by atoms with Gasteiger partial charge in [0.2, 0.25) is 11.8 Å². The lowest BCUT2D eigenvalue weighted by Gasteiger charge is -2.28. The second-order valence-corrected chi connectivity index (χ2v) is 26.5. The quantitative estimate of drug-likeness (QED) is 0.0568. The van der Waals surface area contributed by atoms with Crippen molar-refractivity contribution in [1.29, 1.82) is 0 Å². The van der Waals surface area contributed by atoms with Crippen molar-refractivity contribution in [2.75, 3.05) is 32.1 Å². The topological polar surface area (TPSA) is 349 Å². The largest absolute Gasteiger partial charge is 0.481 e. The van der Waals surface area contributed by atoms with Gasteiger partial charge < -0.3 is 46.3 Å². The molecule has 0 radical (unpaired) electrons. The lowest BCUT2D eigenvalue weighted by molar-refractivity contribution is -0.143. The van der Waals surface area contributed by atoms with E-state index in [0.29, 0.717) is 95.2 Å². The van der Waals surface area contributed by atoms with E-state index < -0.39 is 90.8 Å². The summed E-state index contributed by atoms with van der Waals surface area (Å²) in [5.74, 6) is -5.83. The van der Waals surface area contributed by atoms with Crippen LogP contribution in [0, 0.1) is 18.8 Å². The van der Waals surface area contributed by atoms with Crippen LogP contribution in [0.2, 0.25) is 0 Å². The summed E-state index contributed by atoms with van der Waals surface area (Å²) >= 11 is 7.12. The average molecular weight is 1310 g/mol. The lowest BCUT2D eigenvalue weighted by atomic mass is 9.87. The number of pyridine rings is 1. The molecule has 31 heteroatoms. The summed E-state index contributed by atoms with van der Waals surface area (Å²) < 4.78 is 11.2. The normalized spacial score (nSPS) is 18.3. The number of methoxy groups -OCH3 is 1. The van der Waals surface area contributed by atoms with Crippen molar-refractivity contribution < 1.29 is 58.0 Å². The predicted octanol–water partition coefficient (Wildman–Crippen LogP) is 8.49. The highest BCUT2D eigenvalue weighted by molar-refractivity contribution is 7.15. The van der Waals surface area contributed by atoms with Crippen LogP contribution in [0.1, 0.15) is 126 Å². The molecule has 1 aliphatic carbocycles. The third kappa shape index (κ3) is 14.6. The minimum Gasteiger partial charge on any atom is -0.481 e. The highest BCUT2D eigenvalue weighted by Crippen LogP contribution is 2.40. The van der Waals surface area contributed by atoms with Gasteiger partial charge in [0, 0.05) is 46.1 Å². The van der Waals surface area contributed by atoms with Crippen molar-refractivity contribution in [3.8, 4) is 43.4 Å². The standard InChI is InChI=1S/C57H57N13O12S6/c1-26(2)43-55-69-46(38(88-55)21-81-5)48(76)59-19-41(72)60-33(17-28-9-7-6-8-10-28)52-65-37(24-85-52)53-63-35(22-84-53)45-31(50-64-36(23-83-50)47(75)62-34(18-40(71)58-4)54-68-44(27(3)87-54)49(77)67-43)15-16-32(61-45)51-66-39(25-86-51)70(20-42(73)74)57(80)82-30-13-11-29(12-14-30)56(78)79/h6-10,15-16,22-26,29-30,33-34,43H,11-14,17-21H2,1-5H3,(H,58,71)(H,59,76)(H,60,72)(H,62,75)(H,67,77)(H,73,74)(H,78,79)/t29-,30-,33-,34-,43?/m0/s1. The third-order valence-corrected chi connectivity index (χ3v) is 19.9. The summed E-state index contributed by atoms with van der Waals surface area (Å²) in [5, 5.41) is 42.7. The number of hydrogen-bond donors (Lipinski definition) is 7. The van der Waals surface area contributed by atoms with Gasteiger partial charge in [-0.2, -0.15) is 0 Å². The highest BCUT2D eigenvalue weighted by atomic mass is 32.1. The van der Waals surface area contributed by atoms with Crippen molar-refractivity contribution in [3.05, 3.63) is 111 Å². The fourth-order valence-electron chi connectivity index (χ4n) is 9.68. The van der Waals surface area contributed by atoms with Crippen LogP contribution in [0.5, 0.6) is 0 Å². The molecule has 458 valence electrons. The number of benzene rings is 1. The summed E-state index contributed by atoms with van der Waals surface area (Å²) in [5.41, 5.74) is 2.90. The molecule has 10 rings (SSSR count). The molecule has 1 saturated carbocycles. The lowest BCUT2D eigenvalue weighted by Crippen LogP contribution is -2.39. The van der Waals surface area contributed by atoms with E-state index in [4.69, 9.17) is 39.4 Å². The molecule has 7 aromatic heterocycles. The Morgan fingerprint density at radius 3 is 2.12 bits per heavy atom. The van der Waals surface area contributed by atoms with Crippen molar-refractivity contribution in [2.24, 2.45) is 11.8 Å². The van der Waals surface area contributed by atoms with E-state index in [-0.39, 0.29) is 46.9 Å². The van der Waals surface area contributed by atoms with E-state index in [1.807, 2.05) is 49.6 Å². The summed E-state index contributed by atoms with van der Waals surface area (Å²) in [6, 6.07) is 10.5. The van der Waals surface area contributed by atoms with E-state index in [9.17, 15) is 48.6 Å². The van der Waals surface area contributed by atoms with Gasteiger partial charge in [0.1, 0.15) is 82.7 Å². The Hall–Kier alpha value is -8.33. The van der Waals surface area contributed by atoms with E-state index in [2.05, 4.69) is 31.6 Å². The molecule has 10 bridgehead atoms. The van der Waals surface area contributed by atoms with E-state index >= 15 is 0 Å². The zero-order chi connectivity index (χ0) is 62.3. The number of hydrogen-bond acceptors (Lipinski definition) is 23. The van der Waals surface area contributed by atoms with E-state index in [1.54, 1.807) is 29.8 Å². The van der Waals surface area contributed by atoms with Gasteiger partial charge in [-0.3, -0.25) is 33.6 Å². The summed E-state index contributed by atoms with van der Waals surface area (Å²) in [6.07, 6.45) is -0.264. The van der Waals surface area contributed by atoms with Gasteiger partial charge in [-0.15, -0.1) is 68.0 Å². The monoisotopic (exact) mass is 1310 g/mol. The van der Waals surface area contributed by atoms with Crippen molar-refractivity contribution >= 4 is 121 Å². The number of carbonyl (C=O) groups excluding carboxylic acids is 6. The number of rotatable bonds is 13. The van der Waals surface area contributed by atoms with Crippen LogP contribution >= 0.6 is 68.0 Å². The molecule has 1 aliphatic heterocycles. The molecular weight excluding hydrogens is 1250 g/mol. The first-order chi connectivity index (χ1) is 42.3.